The largest absolute Gasteiger partial charge is 0.508 e. The van der Waals surface area contributed by atoms with Crippen molar-refractivity contribution in [3.05, 3.63) is 29.5 Å². The minimum atomic E-state index is -0.320. The van der Waals surface area contributed by atoms with Crippen LogP contribution in [0.5, 0.6) is 5.75 Å². The molecule has 114 valence electrons. The second kappa shape index (κ2) is 7.16. The molecule has 0 bridgehead atoms. The molecule has 0 radical (unpaired) electrons. The molecule has 0 spiro atoms. The normalized spacial score (nSPS) is 11.0. The number of phenolic OH excluding ortho intramolecular Hbond substituents is 1. The molecule has 0 aliphatic heterocycles. The van der Waals surface area contributed by atoms with Crippen LogP contribution in [0, 0.1) is 0 Å². The van der Waals surface area contributed by atoms with E-state index in [1.807, 2.05) is 0 Å². The Morgan fingerprint density at radius 2 is 2.05 bits per heavy atom. The minimum Gasteiger partial charge on any atom is -0.508 e. The lowest BCUT2D eigenvalue weighted by Crippen LogP contribution is -2.07. The first-order valence-corrected chi connectivity index (χ1v) is 7.68. The average molecular weight is 289 g/mol. The Morgan fingerprint density at radius 3 is 2.76 bits per heavy atom. The highest BCUT2D eigenvalue weighted by Gasteiger charge is 2.19. The van der Waals surface area contributed by atoms with Gasteiger partial charge in [-0.15, -0.1) is 0 Å². The molecule has 1 heterocycles. The van der Waals surface area contributed by atoms with Gasteiger partial charge in [0, 0.05) is 16.6 Å². The highest BCUT2D eigenvalue weighted by molar-refractivity contribution is 6.06. The van der Waals surface area contributed by atoms with Crippen LogP contribution in [0.15, 0.2) is 18.2 Å². The molecule has 2 rings (SSSR count). The van der Waals surface area contributed by atoms with Crippen molar-refractivity contribution in [1.82, 2.24) is 4.98 Å². The zero-order chi connectivity index (χ0) is 15.2. The molecule has 4 nitrogen and oxygen atoms in total. The number of hydrogen-bond acceptors (Lipinski definition) is 3. The Morgan fingerprint density at radius 1 is 1.24 bits per heavy atom. The number of fused-ring (bicyclic) bond motifs is 1. The molecule has 0 aliphatic carbocycles. The quantitative estimate of drug-likeness (QED) is 0.594. The zero-order valence-corrected chi connectivity index (χ0v) is 12.7. The first-order valence-electron chi connectivity index (χ1n) is 7.68. The SMILES string of the molecule is CCCCCCc1[nH]c2ccc(O)cc2c1C(=O)OCC. The lowest BCUT2D eigenvalue weighted by molar-refractivity contribution is 0.0527. The summed E-state index contributed by atoms with van der Waals surface area (Å²) < 4.78 is 5.16. The first kappa shape index (κ1) is 15.4. The van der Waals surface area contributed by atoms with Crippen molar-refractivity contribution in [2.24, 2.45) is 0 Å². The molecule has 4 heteroatoms. The summed E-state index contributed by atoms with van der Waals surface area (Å²) in [5, 5.41) is 10.4. The third-order valence-corrected chi connectivity index (χ3v) is 3.62. The van der Waals surface area contributed by atoms with Crippen molar-refractivity contribution in [2.75, 3.05) is 6.61 Å². The van der Waals surface area contributed by atoms with Crippen molar-refractivity contribution >= 4 is 16.9 Å². The summed E-state index contributed by atoms with van der Waals surface area (Å²) in [6.07, 6.45) is 5.41. The van der Waals surface area contributed by atoms with E-state index in [1.165, 1.54) is 12.8 Å². The van der Waals surface area contributed by atoms with Crippen LogP contribution in [0.4, 0.5) is 0 Å². The average Bonchev–Trinajstić information content (AvgIpc) is 2.81. The predicted molar refractivity (Wildman–Crippen MR) is 83.8 cm³/mol. The maximum absolute atomic E-state index is 12.2. The third-order valence-electron chi connectivity index (χ3n) is 3.62. The summed E-state index contributed by atoms with van der Waals surface area (Å²) in [5.74, 6) is -0.163. The zero-order valence-electron chi connectivity index (χ0n) is 12.7. The fourth-order valence-corrected chi connectivity index (χ4v) is 2.59. The Balaban J connectivity index is 2.33. The van der Waals surface area contributed by atoms with Crippen LogP contribution in [-0.4, -0.2) is 22.7 Å². The number of unbranched alkanes of at least 4 members (excludes halogenated alkanes) is 3. The van der Waals surface area contributed by atoms with Crippen molar-refractivity contribution in [3.8, 4) is 5.75 Å². The summed E-state index contributed by atoms with van der Waals surface area (Å²) in [4.78, 5) is 15.5. The molecule has 0 saturated carbocycles. The molecular formula is C17H23NO3. The third kappa shape index (κ3) is 3.57. The van der Waals surface area contributed by atoms with Crippen molar-refractivity contribution in [1.29, 1.82) is 0 Å². The van der Waals surface area contributed by atoms with Crippen LogP contribution in [0.1, 0.15) is 55.6 Å². The number of nitrogens with one attached hydrogen (secondary N) is 1. The van der Waals surface area contributed by atoms with Gasteiger partial charge in [-0.3, -0.25) is 0 Å². The van der Waals surface area contributed by atoms with Gasteiger partial charge in [0.15, 0.2) is 0 Å². The number of aryl methyl sites for hydroxylation is 1. The van der Waals surface area contributed by atoms with Crippen LogP contribution < -0.4 is 0 Å². The number of rotatable bonds is 7. The summed E-state index contributed by atoms with van der Waals surface area (Å²) in [7, 11) is 0. The molecule has 2 aromatic rings. The minimum absolute atomic E-state index is 0.157. The van der Waals surface area contributed by atoms with E-state index in [-0.39, 0.29) is 11.7 Å². The van der Waals surface area contributed by atoms with Gasteiger partial charge in [0.25, 0.3) is 0 Å². The number of phenols is 1. The highest BCUT2D eigenvalue weighted by Crippen LogP contribution is 2.28. The van der Waals surface area contributed by atoms with E-state index < -0.39 is 0 Å². The Kier molecular flexibility index (Phi) is 5.26. The Hall–Kier alpha value is -1.97. The molecule has 0 atom stereocenters. The summed E-state index contributed by atoms with van der Waals surface area (Å²) in [5.41, 5.74) is 2.34. The molecule has 2 N–H and O–H groups in total. The van der Waals surface area contributed by atoms with Gasteiger partial charge in [-0.05, 0) is 38.0 Å². The number of esters is 1. The van der Waals surface area contributed by atoms with Crippen LogP contribution in [0.3, 0.4) is 0 Å². The first-order chi connectivity index (χ1) is 10.2. The predicted octanol–water partition coefficient (Wildman–Crippen LogP) is 4.17. The Labute approximate surface area is 125 Å². The number of aromatic amines is 1. The molecule has 1 aromatic carbocycles. The molecular weight excluding hydrogens is 266 g/mol. The van der Waals surface area contributed by atoms with E-state index in [2.05, 4.69) is 11.9 Å². The Bertz CT molecular complexity index is 616. The van der Waals surface area contributed by atoms with Gasteiger partial charge in [0.05, 0.1) is 12.2 Å². The molecule has 0 amide bonds. The van der Waals surface area contributed by atoms with Crippen LogP contribution in [-0.2, 0) is 11.2 Å². The van der Waals surface area contributed by atoms with Crippen LogP contribution in [0.25, 0.3) is 10.9 Å². The van der Waals surface area contributed by atoms with E-state index in [1.54, 1.807) is 25.1 Å². The maximum Gasteiger partial charge on any atom is 0.340 e. The fourth-order valence-electron chi connectivity index (χ4n) is 2.59. The highest BCUT2D eigenvalue weighted by atomic mass is 16.5. The van der Waals surface area contributed by atoms with Crippen molar-refractivity contribution in [3.63, 3.8) is 0 Å². The number of aromatic hydroxyl groups is 1. The van der Waals surface area contributed by atoms with Gasteiger partial charge in [-0.2, -0.15) is 0 Å². The number of hydrogen-bond donors (Lipinski definition) is 2. The number of ether oxygens (including phenoxy) is 1. The molecule has 1 aromatic heterocycles. The van der Waals surface area contributed by atoms with Gasteiger partial charge < -0.3 is 14.8 Å². The molecule has 0 fully saturated rings. The fraction of sp³-hybridized carbons (Fsp3) is 0.471. The van der Waals surface area contributed by atoms with Gasteiger partial charge in [-0.1, -0.05) is 26.2 Å². The van der Waals surface area contributed by atoms with E-state index >= 15 is 0 Å². The van der Waals surface area contributed by atoms with Gasteiger partial charge in [0.2, 0.25) is 0 Å². The number of carbonyl (C=O) groups is 1. The van der Waals surface area contributed by atoms with E-state index in [0.29, 0.717) is 12.2 Å². The number of aromatic nitrogens is 1. The van der Waals surface area contributed by atoms with E-state index in [4.69, 9.17) is 4.74 Å². The number of benzene rings is 1. The summed E-state index contributed by atoms with van der Waals surface area (Å²) in [6, 6.07) is 5.03. The molecule has 0 saturated heterocycles. The summed E-state index contributed by atoms with van der Waals surface area (Å²) in [6.45, 7) is 4.32. The van der Waals surface area contributed by atoms with E-state index in [9.17, 15) is 9.90 Å². The molecule has 21 heavy (non-hydrogen) atoms. The maximum atomic E-state index is 12.2. The van der Waals surface area contributed by atoms with Crippen LogP contribution >= 0.6 is 0 Å². The van der Waals surface area contributed by atoms with Gasteiger partial charge in [-0.25, -0.2) is 4.79 Å². The summed E-state index contributed by atoms with van der Waals surface area (Å²) >= 11 is 0. The van der Waals surface area contributed by atoms with Crippen molar-refractivity contribution in [2.45, 2.75) is 46.0 Å². The number of carbonyl (C=O) groups excluding carboxylic acids is 1. The molecule has 0 aliphatic rings. The van der Waals surface area contributed by atoms with Gasteiger partial charge in [0.1, 0.15) is 5.75 Å². The lowest BCUT2D eigenvalue weighted by atomic mass is 10.1. The smallest absolute Gasteiger partial charge is 0.340 e. The lowest BCUT2D eigenvalue weighted by Gasteiger charge is -2.05. The standard InChI is InChI=1S/C17H23NO3/c1-3-5-6-7-8-15-16(17(20)21-4-2)13-11-12(19)9-10-14(13)18-15/h9-11,18-19H,3-8H2,1-2H3. The van der Waals surface area contributed by atoms with E-state index in [0.717, 1.165) is 35.9 Å². The van der Waals surface area contributed by atoms with Crippen LogP contribution in [0.2, 0.25) is 0 Å². The topological polar surface area (TPSA) is 62.3 Å². The number of H-pyrrole nitrogens is 1. The van der Waals surface area contributed by atoms with Crippen molar-refractivity contribution < 1.29 is 14.6 Å². The second-order valence-corrected chi connectivity index (χ2v) is 5.24. The second-order valence-electron chi connectivity index (χ2n) is 5.24. The monoisotopic (exact) mass is 289 g/mol. The van der Waals surface area contributed by atoms with Gasteiger partial charge >= 0.3 is 5.97 Å². The molecule has 0 unspecified atom stereocenters.